The predicted octanol–water partition coefficient (Wildman–Crippen LogP) is 4.16. The standard InChI is InChI=1S/C19H18N4O5S/c1-3-27-14-10-8-13(9-11-14)18-21-22-19(28-18)29-12(2)17(24)20-15-6-4-5-7-16(15)23(25)26/h4-12H,3H2,1-2H3,(H,20,24)/t12-/m1/s1. The van der Waals surface area contributed by atoms with Crippen molar-refractivity contribution in [1.82, 2.24) is 10.2 Å². The van der Waals surface area contributed by atoms with Crippen LogP contribution in [0.5, 0.6) is 5.75 Å². The van der Waals surface area contributed by atoms with Gasteiger partial charge in [-0.2, -0.15) is 0 Å². The lowest BCUT2D eigenvalue weighted by molar-refractivity contribution is -0.383. The number of ether oxygens (including phenoxy) is 1. The molecule has 29 heavy (non-hydrogen) atoms. The number of carbonyl (C=O) groups is 1. The molecular weight excluding hydrogens is 396 g/mol. The van der Waals surface area contributed by atoms with E-state index in [1.54, 1.807) is 37.3 Å². The van der Waals surface area contributed by atoms with E-state index in [4.69, 9.17) is 9.15 Å². The topological polar surface area (TPSA) is 120 Å². The highest BCUT2D eigenvalue weighted by Crippen LogP contribution is 2.29. The minimum absolute atomic E-state index is 0.135. The molecule has 0 unspecified atom stereocenters. The molecule has 0 fully saturated rings. The number of nitro groups is 1. The average Bonchev–Trinajstić information content (AvgIpc) is 3.17. The Kier molecular flexibility index (Phi) is 6.45. The highest BCUT2D eigenvalue weighted by atomic mass is 32.2. The molecule has 0 saturated heterocycles. The van der Waals surface area contributed by atoms with Crippen LogP contribution >= 0.6 is 11.8 Å². The molecule has 1 atom stereocenters. The third-order valence-electron chi connectivity index (χ3n) is 3.82. The van der Waals surface area contributed by atoms with Gasteiger partial charge < -0.3 is 14.5 Å². The van der Waals surface area contributed by atoms with Gasteiger partial charge in [0.05, 0.1) is 16.8 Å². The zero-order valence-corrected chi connectivity index (χ0v) is 16.5. The van der Waals surface area contributed by atoms with E-state index < -0.39 is 16.1 Å². The molecule has 2 aromatic carbocycles. The summed E-state index contributed by atoms with van der Waals surface area (Å²) >= 11 is 1.07. The lowest BCUT2D eigenvalue weighted by Crippen LogP contribution is -2.22. The Morgan fingerprint density at radius 3 is 2.66 bits per heavy atom. The third-order valence-corrected chi connectivity index (χ3v) is 4.76. The number of para-hydroxylation sites is 2. The first-order valence-corrected chi connectivity index (χ1v) is 9.63. The monoisotopic (exact) mass is 414 g/mol. The highest BCUT2D eigenvalue weighted by molar-refractivity contribution is 8.00. The Morgan fingerprint density at radius 1 is 1.24 bits per heavy atom. The average molecular weight is 414 g/mol. The van der Waals surface area contributed by atoms with Crippen LogP contribution in [-0.4, -0.2) is 32.9 Å². The third kappa shape index (κ3) is 5.11. The van der Waals surface area contributed by atoms with Crippen molar-refractivity contribution in [2.24, 2.45) is 0 Å². The molecule has 3 aromatic rings. The van der Waals surface area contributed by atoms with Crippen LogP contribution in [0.2, 0.25) is 0 Å². The number of nitrogens with one attached hydrogen (secondary N) is 1. The van der Waals surface area contributed by atoms with Gasteiger partial charge >= 0.3 is 0 Å². The van der Waals surface area contributed by atoms with Gasteiger partial charge in [-0.25, -0.2) is 0 Å². The van der Waals surface area contributed by atoms with Crippen molar-refractivity contribution < 1.29 is 18.9 Å². The highest BCUT2D eigenvalue weighted by Gasteiger charge is 2.22. The van der Waals surface area contributed by atoms with E-state index in [0.717, 1.165) is 23.1 Å². The number of thioether (sulfide) groups is 1. The molecule has 1 amide bonds. The number of aromatic nitrogens is 2. The molecule has 3 rings (SSSR count). The molecule has 0 spiro atoms. The lowest BCUT2D eigenvalue weighted by atomic mass is 10.2. The molecule has 1 heterocycles. The molecule has 0 saturated carbocycles. The van der Waals surface area contributed by atoms with E-state index in [1.165, 1.54) is 18.2 Å². The Hall–Kier alpha value is -3.40. The maximum absolute atomic E-state index is 12.4. The first-order chi connectivity index (χ1) is 14.0. The second-order valence-electron chi connectivity index (χ2n) is 5.85. The van der Waals surface area contributed by atoms with Crippen LogP contribution in [-0.2, 0) is 4.79 Å². The van der Waals surface area contributed by atoms with Crippen LogP contribution in [0.15, 0.2) is 58.2 Å². The fourth-order valence-electron chi connectivity index (χ4n) is 2.41. The first kappa shape index (κ1) is 20.3. The van der Waals surface area contributed by atoms with Crippen molar-refractivity contribution in [3.63, 3.8) is 0 Å². The summed E-state index contributed by atoms with van der Waals surface area (Å²) in [5.41, 5.74) is 0.689. The number of carbonyl (C=O) groups excluding carboxylic acids is 1. The van der Waals surface area contributed by atoms with E-state index in [-0.39, 0.29) is 16.6 Å². The molecule has 0 aliphatic rings. The fraction of sp³-hybridized carbons (Fsp3) is 0.211. The number of nitro benzene ring substituents is 1. The molecule has 1 aromatic heterocycles. The summed E-state index contributed by atoms with van der Waals surface area (Å²) in [6.07, 6.45) is 0. The van der Waals surface area contributed by atoms with Crippen molar-refractivity contribution in [3.05, 3.63) is 58.6 Å². The SMILES string of the molecule is CCOc1ccc(-c2nnc(S[C@H](C)C(=O)Nc3ccccc3[N+](=O)[O-])o2)cc1. The summed E-state index contributed by atoms with van der Waals surface area (Å²) in [5, 5.41) is 21.2. The molecule has 1 N–H and O–H groups in total. The molecule has 9 nitrogen and oxygen atoms in total. The van der Waals surface area contributed by atoms with Crippen molar-refractivity contribution in [2.75, 3.05) is 11.9 Å². The Balaban J connectivity index is 1.64. The molecule has 150 valence electrons. The van der Waals surface area contributed by atoms with Gasteiger partial charge in [-0.1, -0.05) is 23.9 Å². The van der Waals surface area contributed by atoms with E-state index >= 15 is 0 Å². The van der Waals surface area contributed by atoms with E-state index in [1.807, 2.05) is 6.92 Å². The van der Waals surface area contributed by atoms with Crippen LogP contribution in [0, 0.1) is 10.1 Å². The summed E-state index contributed by atoms with van der Waals surface area (Å²) < 4.78 is 11.0. The van der Waals surface area contributed by atoms with Gasteiger partial charge in [0.25, 0.3) is 10.9 Å². The molecule has 10 heteroatoms. The van der Waals surface area contributed by atoms with Gasteiger partial charge in [-0.05, 0) is 44.2 Å². The summed E-state index contributed by atoms with van der Waals surface area (Å²) in [7, 11) is 0. The van der Waals surface area contributed by atoms with Gasteiger partial charge in [0, 0.05) is 11.6 Å². The molecular formula is C19H18N4O5S. The van der Waals surface area contributed by atoms with Gasteiger partial charge in [0.1, 0.15) is 11.4 Å². The second-order valence-corrected chi connectivity index (χ2v) is 7.15. The van der Waals surface area contributed by atoms with Crippen LogP contribution in [0.4, 0.5) is 11.4 Å². The van der Waals surface area contributed by atoms with Crippen molar-refractivity contribution >= 4 is 29.0 Å². The first-order valence-electron chi connectivity index (χ1n) is 8.75. The second kappa shape index (κ2) is 9.20. The molecule has 0 aliphatic heterocycles. The quantitative estimate of drug-likeness (QED) is 0.331. The minimum Gasteiger partial charge on any atom is -0.494 e. The van der Waals surface area contributed by atoms with Crippen LogP contribution < -0.4 is 10.1 Å². The van der Waals surface area contributed by atoms with Crippen LogP contribution in [0.3, 0.4) is 0 Å². The van der Waals surface area contributed by atoms with Gasteiger partial charge in [0.2, 0.25) is 11.8 Å². The normalized spacial score (nSPS) is 11.7. The number of rotatable bonds is 8. The zero-order valence-electron chi connectivity index (χ0n) is 15.7. The van der Waals surface area contributed by atoms with Gasteiger partial charge in [-0.3, -0.25) is 14.9 Å². The van der Waals surface area contributed by atoms with Gasteiger partial charge in [0.15, 0.2) is 0 Å². The molecule has 0 bridgehead atoms. The number of benzene rings is 2. The van der Waals surface area contributed by atoms with Crippen LogP contribution in [0.1, 0.15) is 13.8 Å². The number of hydrogen-bond acceptors (Lipinski definition) is 8. The van der Waals surface area contributed by atoms with Crippen molar-refractivity contribution in [1.29, 1.82) is 0 Å². The largest absolute Gasteiger partial charge is 0.494 e. The van der Waals surface area contributed by atoms with Gasteiger partial charge in [-0.15, -0.1) is 10.2 Å². The van der Waals surface area contributed by atoms with E-state index in [2.05, 4.69) is 15.5 Å². The molecule has 0 radical (unpaired) electrons. The summed E-state index contributed by atoms with van der Waals surface area (Å²) in [5.74, 6) is 0.651. The van der Waals surface area contributed by atoms with Crippen molar-refractivity contribution in [3.8, 4) is 17.2 Å². The van der Waals surface area contributed by atoms with E-state index in [9.17, 15) is 14.9 Å². The Labute approximate surface area is 170 Å². The zero-order chi connectivity index (χ0) is 20.8. The number of amides is 1. The fourth-order valence-corrected chi connectivity index (χ4v) is 3.10. The maximum atomic E-state index is 12.4. The maximum Gasteiger partial charge on any atom is 0.292 e. The molecule has 0 aliphatic carbocycles. The summed E-state index contributed by atoms with van der Waals surface area (Å²) in [6, 6.07) is 13.2. The summed E-state index contributed by atoms with van der Waals surface area (Å²) in [6.45, 7) is 4.13. The smallest absolute Gasteiger partial charge is 0.292 e. The predicted molar refractivity (Wildman–Crippen MR) is 108 cm³/mol. The Bertz CT molecular complexity index is 1010. The Morgan fingerprint density at radius 2 is 1.97 bits per heavy atom. The number of nitrogens with zero attached hydrogens (tertiary/aromatic N) is 3. The van der Waals surface area contributed by atoms with Crippen LogP contribution in [0.25, 0.3) is 11.5 Å². The van der Waals surface area contributed by atoms with E-state index in [0.29, 0.717) is 12.5 Å². The summed E-state index contributed by atoms with van der Waals surface area (Å²) in [4.78, 5) is 22.9. The number of hydrogen-bond donors (Lipinski definition) is 1. The minimum atomic E-state index is -0.608. The number of anilines is 1. The van der Waals surface area contributed by atoms with Crippen molar-refractivity contribution in [2.45, 2.75) is 24.3 Å². The lowest BCUT2D eigenvalue weighted by Gasteiger charge is -2.10.